The molecule has 2 heterocycles. The number of benzene rings is 1. The van der Waals surface area contributed by atoms with Gasteiger partial charge < -0.3 is 30.1 Å². The second-order valence-corrected chi connectivity index (χ2v) is 8.25. The third-order valence-electron chi connectivity index (χ3n) is 5.77. The van der Waals surface area contributed by atoms with Crippen LogP contribution >= 0.6 is 0 Å². The van der Waals surface area contributed by atoms with Gasteiger partial charge in [0.05, 0.1) is 13.3 Å². The van der Waals surface area contributed by atoms with Crippen LogP contribution in [0.2, 0.25) is 0 Å². The van der Waals surface area contributed by atoms with E-state index in [4.69, 9.17) is 9.47 Å². The molecule has 1 aromatic rings. The topological polar surface area (TPSA) is 81.3 Å². The summed E-state index contributed by atoms with van der Waals surface area (Å²) in [5.74, 6) is 1.31. The SMILES string of the molecule is CCCN1CCC(NC)NC1Nc1ccc(OC)c(OCC2(O)CCN(C)C2)c1. The predicted molar refractivity (Wildman–Crippen MR) is 115 cm³/mol. The molecule has 3 rings (SSSR count). The molecule has 2 aliphatic heterocycles. The van der Waals surface area contributed by atoms with E-state index >= 15 is 0 Å². The molecule has 1 aromatic carbocycles. The first-order valence-electron chi connectivity index (χ1n) is 10.6. The van der Waals surface area contributed by atoms with Gasteiger partial charge in [0, 0.05) is 37.9 Å². The van der Waals surface area contributed by atoms with E-state index in [9.17, 15) is 5.11 Å². The van der Waals surface area contributed by atoms with Crippen LogP contribution in [-0.4, -0.2) is 87.0 Å². The van der Waals surface area contributed by atoms with Crippen molar-refractivity contribution >= 4 is 5.69 Å². The first-order chi connectivity index (χ1) is 14.0. The van der Waals surface area contributed by atoms with Gasteiger partial charge in [0.25, 0.3) is 0 Å². The van der Waals surface area contributed by atoms with Gasteiger partial charge in [-0.05, 0) is 45.5 Å². The zero-order valence-electron chi connectivity index (χ0n) is 18.2. The molecule has 0 spiro atoms. The van der Waals surface area contributed by atoms with Gasteiger partial charge in [0.15, 0.2) is 11.5 Å². The summed E-state index contributed by atoms with van der Waals surface area (Å²) in [6.07, 6.45) is 3.21. The van der Waals surface area contributed by atoms with Crippen LogP contribution in [0.15, 0.2) is 18.2 Å². The second kappa shape index (κ2) is 9.95. The average molecular weight is 408 g/mol. The van der Waals surface area contributed by atoms with Crippen LogP contribution in [0.3, 0.4) is 0 Å². The Morgan fingerprint density at radius 3 is 2.79 bits per heavy atom. The van der Waals surface area contributed by atoms with Gasteiger partial charge in [-0.1, -0.05) is 6.92 Å². The molecule has 4 N–H and O–H groups in total. The Morgan fingerprint density at radius 2 is 2.14 bits per heavy atom. The summed E-state index contributed by atoms with van der Waals surface area (Å²) in [6.45, 7) is 6.02. The maximum atomic E-state index is 10.7. The first-order valence-corrected chi connectivity index (χ1v) is 10.6. The highest BCUT2D eigenvalue weighted by molar-refractivity contribution is 5.55. The largest absolute Gasteiger partial charge is 0.493 e. The number of nitrogens with one attached hydrogen (secondary N) is 3. The number of hydrogen-bond donors (Lipinski definition) is 4. The zero-order valence-corrected chi connectivity index (χ0v) is 18.2. The number of anilines is 1. The predicted octanol–water partition coefficient (Wildman–Crippen LogP) is 1.09. The highest BCUT2D eigenvalue weighted by Gasteiger charge is 2.35. The summed E-state index contributed by atoms with van der Waals surface area (Å²) >= 11 is 0. The fourth-order valence-corrected chi connectivity index (χ4v) is 4.12. The van der Waals surface area contributed by atoms with Crippen molar-refractivity contribution in [3.05, 3.63) is 18.2 Å². The monoisotopic (exact) mass is 407 g/mol. The van der Waals surface area contributed by atoms with Gasteiger partial charge in [-0.2, -0.15) is 0 Å². The van der Waals surface area contributed by atoms with Crippen molar-refractivity contribution in [2.24, 2.45) is 0 Å². The van der Waals surface area contributed by atoms with E-state index in [1.54, 1.807) is 7.11 Å². The molecule has 0 radical (unpaired) electrons. The lowest BCUT2D eigenvalue weighted by molar-refractivity contribution is 0.00508. The van der Waals surface area contributed by atoms with E-state index in [1.165, 1.54) is 0 Å². The van der Waals surface area contributed by atoms with Crippen LogP contribution in [0.5, 0.6) is 11.5 Å². The third kappa shape index (κ3) is 5.73. The number of rotatable bonds is 9. The minimum absolute atomic E-state index is 0.0371. The first kappa shape index (κ1) is 22.1. The number of β-amino-alcohol motifs (C(OH)–C–C–N with tert-alkyl or cyclic N) is 1. The van der Waals surface area contributed by atoms with Crippen LogP contribution in [0.1, 0.15) is 26.2 Å². The van der Waals surface area contributed by atoms with Crippen molar-refractivity contribution in [1.82, 2.24) is 20.4 Å². The lowest BCUT2D eigenvalue weighted by Crippen LogP contribution is -2.62. The molecule has 2 saturated heterocycles. The number of nitrogens with zero attached hydrogens (tertiary/aromatic N) is 2. The van der Waals surface area contributed by atoms with Gasteiger partial charge in [-0.15, -0.1) is 0 Å². The molecule has 0 aliphatic carbocycles. The summed E-state index contributed by atoms with van der Waals surface area (Å²) in [7, 11) is 5.63. The minimum atomic E-state index is -0.813. The van der Waals surface area contributed by atoms with Crippen molar-refractivity contribution in [1.29, 1.82) is 0 Å². The smallest absolute Gasteiger partial charge is 0.163 e. The van der Waals surface area contributed by atoms with E-state index in [2.05, 4.69) is 32.7 Å². The molecule has 164 valence electrons. The number of ether oxygens (including phenoxy) is 2. The van der Waals surface area contributed by atoms with Crippen molar-refractivity contribution in [2.45, 2.75) is 44.2 Å². The molecular weight excluding hydrogens is 370 g/mol. The fourth-order valence-electron chi connectivity index (χ4n) is 4.12. The van der Waals surface area contributed by atoms with Crippen molar-refractivity contribution in [3.63, 3.8) is 0 Å². The summed E-state index contributed by atoms with van der Waals surface area (Å²) in [4.78, 5) is 4.53. The van der Waals surface area contributed by atoms with Crippen LogP contribution in [-0.2, 0) is 0 Å². The molecule has 2 fully saturated rings. The number of likely N-dealkylation sites (N-methyl/N-ethyl adjacent to an activating group) is 1. The van der Waals surface area contributed by atoms with E-state index < -0.39 is 5.60 Å². The standard InChI is InChI=1S/C21H37N5O3/c1-5-10-26-11-8-19(22-2)24-20(26)23-16-6-7-17(28-4)18(13-16)29-15-21(27)9-12-25(3)14-21/h6-7,13,19-20,22-24,27H,5,8-12,14-15H2,1-4H3. The van der Waals surface area contributed by atoms with Gasteiger partial charge in [0.1, 0.15) is 18.5 Å². The number of methoxy groups -OCH3 is 1. The molecule has 0 aromatic heterocycles. The Labute approximate surface area is 174 Å². The Balaban J connectivity index is 1.69. The van der Waals surface area contributed by atoms with Gasteiger partial charge >= 0.3 is 0 Å². The van der Waals surface area contributed by atoms with Crippen LogP contribution in [0.25, 0.3) is 0 Å². The highest BCUT2D eigenvalue weighted by atomic mass is 16.5. The van der Waals surface area contributed by atoms with Gasteiger partial charge in [0.2, 0.25) is 0 Å². The van der Waals surface area contributed by atoms with Crippen LogP contribution in [0.4, 0.5) is 5.69 Å². The zero-order chi connectivity index (χ0) is 20.9. The number of hydrogen-bond acceptors (Lipinski definition) is 8. The molecule has 0 saturated carbocycles. The average Bonchev–Trinajstić information content (AvgIpc) is 3.07. The third-order valence-corrected chi connectivity index (χ3v) is 5.77. The van der Waals surface area contributed by atoms with Gasteiger partial charge in [-0.25, -0.2) is 0 Å². The Morgan fingerprint density at radius 1 is 1.31 bits per heavy atom. The maximum Gasteiger partial charge on any atom is 0.163 e. The van der Waals surface area contributed by atoms with E-state index in [0.717, 1.165) is 38.2 Å². The lowest BCUT2D eigenvalue weighted by atomic mass is 10.1. The van der Waals surface area contributed by atoms with Crippen molar-refractivity contribution < 1.29 is 14.6 Å². The molecule has 2 aliphatic rings. The van der Waals surface area contributed by atoms with Crippen LogP contribution < -0.4 is 25.4 Å². The van der Waals surface area contributed by atoms with Gasteiger partial charge in [-0.3, -0.25) is 10.2 Å². The molecule has 0 amide bonds. The normalized spacial score (nSPS) is 28.4. The Kier molecular flexibility index (Phi) is 7.59. The molecule has 3 unspecified atom stereocenters. The van der Waals surface area contributed by atoms with E-state index in [0.29, 0.717) is 24.5 Å². The highest BCUT2D eigenvalue weighted by Crippen LogP contribution is 2.32. The molecule has 3 atom stereocenters. The van der Waals surface area contributed by atoms with Crippen LogP contribution in [0, 0.1) is 0 Å². The summed E-state index contributed by atoms with van der Waals surface area (Å²) in [5, 5.41) is 21.2. The van der Waals surface area contributed by atoms with Crippen molar-refractivity contribution in [3.8, 4) is 11.5 Å². The second-order valence-electron chi connectivity index (χ2n) is 8.25. The fraction of sp³-hybridized carbons (Fsp3) is 0.714. The summed E-state index contributed by atoms with van der Waals surface area (Å²) in [5.41, 5.74) is 0.137. The molecular formula is C21H37N5O3. The maximum absolute atomic E-state index is 10.7. The summed E-state index contributed by atoms with van der Waals surface area (Å²) < 4.78 is 11.5. The molecule has 8 heteroatoms. The minimum Gasteiger partial charge on any atom is -0.493 e. The Bertz CT molecular complexity index is 661. The van der Waals surface area contributed by atoms with E-state index in [-0.39, 0.29) is 19.1 Å². The lowest BCUT2D eigenvalue weighted by Gasteiger charge is -2.41. The molecule has 0 bridgehead atoms. The van der Waals surface area contributed by atoms with E-state index in [1.807, 2.05) is 32.3 Å². The van der Waals surface area contributed by atoms with Crippen molar-refractivity contribution in [2.75, 3.05) is 59.3 Å². The number of aliphatic hydroxyl groups is 1. The molecule has 8 nitrogen and oxygen atoms in total. The Hall–Kier alpha value is -1.58. The molecule has 29 heavy (non-hydrogen) atoms. The number of likely N-dealkylation sites (tertiary alicyclic amines) is 1. The quantitative estimate of drug-likeness (QED) is 0.484. The summed E-state index contributed by atoms with van der Waals surface area (Å²) in [6, 6.07) is 5.86.